The van der Waals surface area contributed by atoms with Crippen LogP contribution in [0.1, 0.15) is 34.6 Å². The van der Waals surface area contributed by atoms with Gasteiger partial charge in [-0.2, -0.15) is 0 Å². The zero-order valence-electron chi connectivity index (χ0n) is 8.89. The van der Waals surface area contributed by atoms with Gasteiger partial charge in [0.15, 0.2) is 0 Å². The van der Waals surface area contributed by atoms with E-state index >= 15 is 0 Å². The molecule has 0 aromatic heterocycles. The predicted molar refractivity (Wildman–Crippen MR) is 57.6 cm³/mol. The second kappa shape index (κ2) is 4.32. The van der Waals surface area contributed by atoms with Gasteiger partial charge in [-0.3, -0.25) is 0 Å². The first-order valence-electron chi connectivity index (χ1n) is 4.68. The molecule has 0 rings (SSSR count). The number of rotatable bonds is 4. The zero-order valence-corrected chi connectivity index (χ0v) is 9.65. The van der Waals surface area contributed by atoms with Gasteiger partial charge in [-0.05, 0) is 17.8 Å². The molecule has 0 bridgehead atoms. The van der Waals surface area contributed by atoms with Gasteiger partial charge in [-0.25, -0.2) is 0 Å². The van der Waals surface area contributed by atoms with Crippen LogP contribution in [-0.2, 0) is 0 Å². The summed E-state index contributed by atoms with van der Waals surface area (Å²) in [6.45, 7) is 14.6. The second-order valence-electron chi connectivity index (χ2n) is 4.16. The molecule has 0 saturated carbocycles. The van der Waals surface area contributed by atoms with E-state index in [-0.39, 0.29) is 4.87 Å². The Hall–Kier alpha value is 0.0300. The lowest BCUT2D eigenvalue weighted by atomic mass is 9.76. The molecule has 0 nitrogen and oxygen atoms in total. The number of hydrogen-bond donors (Lipinski definition) is 0. The van der Waals surface area contributed by atoms with Crippen LogP contribution in [0.3, 0.4) is 0 Å². The van der Waals surface area contributed by atoms with Crippen LogP contribution in [0.25, 0.3) is 0 Å². The Morgan fingerprint density at radius 3 is 1.50 bits per heavy atom. The fourth-order valence-corrected chi connectivity index (χ4v) is 1.99. The average molecular weight is 189 g/mol. The van der Waals surface area contributed by atoms with Crippen molar-refractivity contribution in [3.63, 3.8) is 0 Å². The van der Waals surface area contributed by atoms with Gasteiger partial charge in [-0.1, -0.05) is 40.7 Å². The third-order valence-corrected chi connectivity index (χ3v) is 4.04. The highest BCUT2D eigenvalue weighted by Gasteiger charge is 2.38. The van der Waals surface area contributed by atoms with E-state index in [0.29, 0.717) is 17.8 Å². The molecule has 0 aromatic carbocycles. The van der Waals surface area contributed by atoms with E-state index in [1.807, 2.05) is 6.08 Å². The van der Waals surface area contributed by atoms with Crippen LogP contribution in [0.15, 0.2) is 12.7 Å². The monoisotopic (exact) mass is 188 g/mol. The van der Waals surface area contributed by atoms with Gasteiger partial charge in [0.25, 0.3) is 0 Å². The summed E-state index contributed by atoms with van der Waals surface area (Å²) in [7, 11) is 0. The second-order valence-corrected chi connectivity index (χ2v) is 4.82. The van der Waals surface area contributed by atoms with Gasteiger partial charge in [0, 0.05) is 0 Å². The van der Waals surface area contributed by atoms with Crippen LogP contribution in [0, 0.1) is 17.8 Å². The van der Waals surface area contributed by atoms with E-state index < -0.39 is 0 Å². The molecule has 0 aliphatic rings. The van der Waals surface area contributed by atoms with Crippen LogP contribution in [-0.4, -0.2) is 4.87 Å². The zero-order chi connectivity index (χ0) is 9.94. The minimum Gasteiger partial charge on any atom is -0.118 e. The molecule has 0 N–H and O–H groups in total. The quantitative estimate of drug-likeness (QED) is 0.461. The number of hydrogen-bond acceptors (Lipinski definition) is 0. The molecule has 0 spiro atoms. The molecule has 0 fully saturated rings. The first kappa shape index (κ1) is 12.0. The van der Waals surface area contributed by atoms with Crippen molar-refractivity contribution in [1.29, 1.82) is 0 Å². The highest BCUT2D eigenvalue weighted by molar-refractivity contribution is 6.24. The Kier molecular flexibility index (Phi) is 4.33. The third-order valence-electron chi connectivity index (χ3n) is 2.82. The van der Waals surface area contributed by atoms with E-state index in [2.05, 4.69) is 41.2 Å². The summed E-state index contributed by atoms with van der Waals surface area (Å²) in [6.07, 6.45) is 1.95. The molecule has 1 atom stereocenters. The molecule has 0 aromatic rings. The van der Waals surface area contributed by atoms with Gasteiger partial charge >= 0.3 is 0 Å². The Labute approximate surface area is 82.0 Å². The molecule has 0 saturated heterocycles. The van der Waals surface area contributed by atoms with Gasteiger partial charge in [0.1, 0.15) is 0 Å². The third kappa shape index (κ3) is 2.04. The van der Waals surface area contributed by atoms with Gasteiger partial charge in [0.05, 0.1) is 4.87 Å². The SMILES string of the molecule is C=CC(C)C(Cl)(C(C)C)C(C)C. The summed E-state index contributed by atoms with van der Waals surface area (Å²) >= 11 is 6.59. The van der Waals surface area contributed by atoms with Crippen LogP contribution >= 0.6 is 11.6 Å². The Morgan fingerprint density at radius 2 is 1.42 bits per heavy atom. The lowest BCUT2D eigenvalue weighted by Gasteiger charge is -2.39. The summed E-state index contributed by atoms with van der Waals surface area (Å²) in [5, 5.41) is 0. The van der Waals surface area contributed by atoms with Crippen LogP contribution in [0.5, 0.6) is 0 Å². The van der Waals surface area contributed by atoms with Crippen molar-refractivity contribution in [3.8, 4) is 0 Å². The van der Waals surface area contributed by atoms with Crippen molar-refractivity contribution >= 4 is 11.6 Å². The minimum absolute atomic E-state index is 0.137. The van der Waals surface area contributed by atoms with E-state index in [4.69, 9.17) is 11.6 Å². The maximum atomic E-state index is 6.59. The molecular formula is C11H21Cl. The molecule has 12 heavy (non-hydrogen) atoms. The first-order chi connectivity index (χ1) is 5.37. The largest absolute Gasteiger partial charge is 0.118 e. The van der Waals surface area contributed by atoms with Gasteiger partial charge in [-0.15, -0.1) is 18.2 Å². The molecule has 1 heteroatoms. The Bertz CT molecular complexity index is 139. The molecule has 0 radical (unpaired) electrons. The molecular weight excluding hydrogens is 168 g/mol. The normalized spacial score (nSPS) is 15.3. The van der Waals surface area contributed by atoms with E-state index in [1.54, 1.807) is 0 Å². The van der Waals surface area contributed by atoms with Gasteiger partial charge in [0.2, 0.25) is 0 Å². The molecule has 0 amide bonds. The summed E-state index contributed by atoms with van der Waals surface area (Å²) in [4.78, 5) is -0.137. The van der Waals surface area contributed by atoms with Crippen LogP contribution in [0.2, 0.25) is 0 Å². The number of halogens is 1. The average Bonchev–Trinajstić information content (AvgIpc) is 2.00. The van der Waals surface area contributed by atoms with E-state index in [0.717, 1.165) is 0 Å². The fourth-order valence-electron chi connectivity index (χ4n) is 1.90. The molecule has 0 aliphatic heterocycles. The molecule has 0 heterocycles. The summed E-state index contributed by atoms with van der Waals surface area (Å²) in [5.74, 6) is 1.32. The first-order valence-corrected chi connectivity index (χ1v) is 5.06. The summed E-state index contributed by atoms with van der Waals surface area (Å²) in [5.41, 5.74) is 0. The van der Waals surface area contributed by atoms with Crippen LogP contribution in [0.4, 0.5) is 0 Å². The lowest BCUT2D eigenvalue weighted by Crippen LogP contribution is -2.40. The Balaban J connectivity index is 4.73. The highest BCUT2D eigenvalue weighted by Crippen LogP contribution is 2.40. The fraction of sp³-hybridized carbons (Fsp3) is 0.818. The summed E-state index contributed by atoms with van der Waals surface area (Å²) < 4.78 is 0. The maximum absolute atomic E-state index is 6.59. The van der Waals surface area contributed by atoms with Crippen molar-refractivity contribution in [2.75, 3.05) is 0 Å². The Morgan fingerprint density at radius 1 is 1.08 bits per heavy atom. The summed E-state index contributed by atoms with van der Waals surface area (Å²) in [6, 6.07) is 0. The highest BCUT2D eigenvalue weighted by atomic mass is 35.5. The topological polar surface area (TPSA) is 0 Å². The molecule has 0 aliphatic carbocycles. The number of alkyl halides is 1. The van der Waals surface area contributed by atoms with Crippen molar-refractivity contribution in [3.05, 3.63) is 12.7 Å². The van der Waals surface area contributed by atoms with Crippen molar-refractivity contribution in [1.82, 2.24) is 0 Å². The van der Waals surface area contributed by atoms with E-state index in [1.165, 1.54) is 0 Å². The smallest absolute Gasteiger partial charge is 0.0552 e. The van der Waals surface area contributed by atoms with E-state index in [9.17, 15) is 0 Å². The van der Waals surface area contributed by atoms with Crippen molar-refractivity contribution in [2.24, 2.45) is 17.8 Å². The molecule has 72 valence electrons. The lowest BCUT2D eigenvalue weighted by molar-refractivity contribution is 0.267. The predicted octanol–water partition coefficient (Wildman–Crippen LogP) is 4.10. The van der Waals surface area contributed by atoms with Gasteiger partial charge < -0.3 is 0 Å². The standard InChI is InChI=1S/C11H21Cl/c1-7-10(6)11(12,8(2)3)9(4)5/h7-10H,1H2,2-6H3. The minimum atomic E-state index is -0.137. The molecule has 1 unspecified atom stereocenters. The van der Waals surface area contributed by atoms with Crippen molar-refractivity contribution in [2.45, 2.75) is 39.5 Å². The van der Waals surface area contributed by atoms with Crippen LogP contribution < -0.4 is 0 Å². The number of allylic oxidation sites excluding steroid dienone is 1. The maximum Gasteiger partial charge on any atom is 0.0552 e. The van der Waals surface area contributed by atoms with Crippen molar-refractivity contribution < 1.29 is 0 Å².